The number of benzene rings is 1. The van der Waals surface area contributed by atoms with Gasteiger partial charge in [-0.2, -0.15) is 0 Å². The van der Waals surface area contributed by atoms with E-state index in [-0.39, 0.29) is 43.2 Å². The predicted molar refractivity (Wildman–Crippen MR) is 123 cm³/mol. The van der Waals surface area contributed by atoms with Crippen molar-refractivity contribution in [3.05, 3.63) is 66.0 Å². The lowest BCUT2D eigenvalue weighted by molar-refractivity contribution is -0.143. The van der Waals surface area contributed by atoms with Crippen molar-refractivity contribution in [1.29, 1.82) is 0 Å². The molecular weight excluding hydrogens is 418 g/mol. The maximum absolute atomic E-state index is 13.7. The van der Waals surface area contributed by atoms with Crippen molar-refractivity contribution in [3.8, 4) is 0 Å². The molecule has 7 heteroatoms. The summed E-state index contributed by atoms with van der Waals surface area (Å²) in [6, 6.07) is 14.8. The number of imide groups is 1. The first-order valence-corrected chi connectivity index (χ1v) is 11.7. The molecule has 2 atom stereocenters. The standard InChI is InChI=1S/C26H31N3O4/c1-2-28(19-22-12-8-16-33-22)23(30)17-26(20-9-4-3-5-10-20)18-24(31)29(25(26)32)15-13-21-11-6-7-14-27-21/h3-7,9-11,14,22H,2,8,12-13,15-19H2,1H3/t22-,26+/m0/s1. The largest absolute Gasteiger partial charge is 0.376 e. The van der Waals surface area contributed by atoms with E-state index in [1.807, 2.05) is 55.5 Å². The van der Waals surface area contributed by atoms with Crippen LogP contribution < -0.4 is 0 Å². The maximum atomic E-state index is 13.7. The summed E-state index contributed by atoms with van der Waals surface area (Å²) in [5.74, 6) is -0.657. The van der Waals surface area contributed by atoms with Gasteiger partial charge < -0.3 is 9.64 Å². The minimum absolute atomic E-state index is 0.00128. The Hall–Kier alpha value is -3.06. The first-order chi connectivity index (χ1) is 16.0. The Kier molecular flexibility index (Phi) is 7.18. The van der Waals surface area contributed by atoms with Crippen LogP contribution >= 0.6 is 0 Å². The summed E-state index contributed by atoms with van der Waals surface area (Å²) in [6.45, 7) is 3.97. The van der Waals surface area contributed by atoms with Gasteiger partial charge in [0.2, 0.25) is 17.7 Å². The number of hydrogen-bond donors (Lipinski definition) is 0. The summed E-state index contributed by atoms with van der Waals surface area (Å²) >= 11 is 0. The first kappa shape index (κ1) is 23.1. The van der Waals surface area contributed by atoms with E-state index < -0.39 is 5.41 Å². The first-order valence-electron chi connectivity index (χ1n) is 11.7. The summed E-state index contributed by atoms with van der Waals surface area (Å²) in [6.07, 6.45) is 4.14. The zero-order chi connectivity index (χ0) is 23.3. The molecule has 0 spiro atoms. The highest BCUT2D eigenvalue weighted by Gasteiger charge is 2.53. The molecule has 33 heavy (non-hydrogen) atoms. The molecule has 1 aromatic carbocycles. The van der Waals surface area contributed by atoms with Crippen molar-refractivity contribution < 1.29 is 19.1 Å². The molecule has 0 radical (unpaired) electrons. The second kappa shape index (κ2) is 10.3. The highest BCUT2D eigenvalue weighted by atomic mass is 16.5. The molecule has 0 saturated carbocycles. The number of rotatable bonds is 9. The summed E-state index contributed by atoms with van der Waals surface area (Å²) in [7, 11) is 0. The van der Waals surface area contributed by atoms with E-state index in [1.54, 1.807) is 11.1 Å². The van der Waals surface area contributed by atoms with E-state index in [4.69, 9.17) is 4.74 Å². The van der Waals surface area contributed by atoms with E-state index in [1.165, 1.54) is 4.90 Å². The number of carbonyl (C=O) groups excluding carboxylic acids is 3. The van der Waals surface area contributed by atoms with E-state index in [0.717, 1.165) is 25.1 Å². The highest BCUT2D eigenvalue weighted by molar-refractivity contribution is 6.10. The number of hydrogen-bond acceptors (Lipinski definition) is 5. The fraction of sp³-hybridized carbons (Fsp3) is 0.462. The minimum atomic E-state index is -1.18. The van der Waals surface area contributed by atoms with Crippen molar-refractivity contribution in [1.82, 2.24) is 14.8 Å². The molecule has 0 N–H and O–H groups in total. The molecule has 7 nitrogen and oxygen atoms in total. The number of aromatic nitrogens is 1. The minimum Gasteiger partial charge on any atom is -0.376 e. The summed E-state index contributed by atoms with van der Waals surface area (Å²) < 4.78 is 5.72. The Bertz CT molecular complexity index is 976. The van der Waals surface area contributed by atoms with Crippen LogP contribution in [0, 0.1) is 0 Å². The maximum Gasteiger partial charge on any atom is 0.240 e. The molecule has 4 rings (SSSR count). The van der Waals surface area contributed by atoms with Gasteiger partial charge in [0, 0.05) is 57.4 Å². The SMILES string of the molecule is CCN(C[C@@H]1CCCO1)C(=O)C[C@]1(c2ccccc2)CC(=O)N(CCc2ccccn2)C1=O. The second-order valence-electron chi connectivity index (χ2n) is 8.79. The second-order valence-corrected chi connectivity index (χ2v) is 8.79. The lowest BCUT2D eigenvalue weighted by Gasteiger charge is -2.31. The van der Waals surface area contributed by atoms with Crippen LogP contribution in [0.2, 0.25) is 0 Å². The van der Waals surface area contributed by atoms with E-state index in [2.05, 4.69) is 4.98 Å². The molecule has 0 bridgehead atoms. The van der Waals surface area contributed by atoms with E-state index in [0.29, 0.717) is 25.1 Å². The molecule has 2 aliphatic rings. The normalized spacial score (nSPS) is 22.7. The van der Waals surface area contributed by atoms with Crippen LogP contribution in [-0.4, -0.2) is 64.9 Å². The molecule has 0 unspecified atom stereocenters. The number of nitrogens with zero attached hydrogens (tertiary/aromatic N) is 3. The summed E-state index contributed by atoms with van der Waals surface area (Å²) in [4.78, 5) is 47.6. The van der Waals surface area contributed by atoms with Crippen LogP contribution in [0.1, 0.15) is 43.9 Å². The summed E-state index contributed by atoms with van der Waals surface area (Å²) in [5, 5.41) is 0. The van der Waals surface area contributed by atoms with Gasteiger partial charge >= 0.3 is 0 Å². The van der Waals surface area contributed by atoms with Gasteiger partial charge in [-0.25, -0.2) is 0 Å². The Morgan fingerprint density at radius 3 is 2.64 bits per heavy atom. The molecular formula is C26H31N3O4. The van der Waals surface area contributed by atoms with Crippen LogP contribution in [0.15, 0.2) is 54.7 Å². The van der Waals surface area contributed by atoms with Crippen molar-refractivity contribution in [2.75, 3.05) is 26.2 Å². The third kappa shape index (κ3) is 4.98. The molecule has 0 aliphatic carbocycles. The van der Waals surface area contributed by atoms with Gasteiger partial charge in [-0.05, 0) is 37.5 Å². The Balaban J connectivity index is 1.56. The number of likely N-dealkylation sites (tertiary alicyclic amines) is 1. The van der Waals surface area contributed by atoms with Gasteiger partial charge in [-0.3, -0.25) is 24.3 Å². The Morgan fingerprint density at radius 1 is 1.18 bits per heavy atom. The molecule has 3 heterocycles. The number of likely N-dealkylation sites (N-methyl/N-ethyl adjacent to an activating group) is 1. The Morgan fingerprint density at radius 2 is 1.97 bits per heavy atom. The molecule has 174 valence electrons. The smallest absolute Gasteiger partial charge is 0.240 e. The fourth-order valence-electron chi connectivity index (χ4n) is 4.83. The number of carbonyl (C=O) groups is 3. The van der Waals surface area contributed by atoms with Crippen molar-refractivity contribution in [3.63, 3.8) is 0 Å². The van der Waals surface area contributed by atoms with Crippen LogP contribution in [0.5, 0.6) is 0 Å². The lowest BCUT2D eigenvalue weighted by atomic mass is 9.75. The van der Waals surface area contributed by atoms with Gasteiger partial charge in [-0.1, -0.05) is 36.4 Å². The van der Waals surface area contributed by atoms with Crippen LogP contribution in [0.25, 0.3) is 0 Å². The van der Waals surface area contributed by atoms with Crippen molar-refractivity contribution in [2.45, 2.75) is 50.5 Å². The van der Waals surface area contributed by atoms with Crippen LogP contribution in [0.4, 0.5) is 0 Å². The van der Waals surface area contributed by atoms with E-state index >= 15 is 0 Å². The average molecular weight is 450 g/mol. The summed E-state index contributed by atoms with van der Waals surface area (Å²) in [5.41, 5.74) is 0.356. The molecule has 2 aliphatic heterocycles. The Labute approximate surface area is 194 Å². The zero-order valence-corrected chi connectivity index (χ0v) is 19.1. The fourth-order valence-corrected chi connectivity index (χ4v) is 4.83. The third-order valence-corrected chi connectivity index (χ3v) is 6.69. The molecule has 2 saturated heterocycles. The van der Waals surface area contributed by atoms with Crippen molar-refractivity contribution >= 4 is 17.7 Å². The molecule has 2 aromatic rings. The molecule has 1 aromatic heterocycles. The lowest BCUT2D eigenvalue weighted by Crippen LogP contribution is -2.45. The van der Waals surface area contributed by atoms with Crippen molar-refractivity contribution in [2.24, 2.45) is 0 Å². The molecule has 2 fully saturated rings. The number of ether oxygens (including phenoxy) is 1. The van der Waals surface area contributed by atoms with Gasteiger partial charge in [0.1, 0.15) is 0 Å². The number of amides is 3. The molecule has 3 amide bonds. The van der Waals surface area contributed by atoms with E-state index in [9.17, 15) is 14.4 Å². The monoisotopic (exact) mass is 449 g/mol. The topological polar surface area (TPSA) is 79.8 Å². The van der Waals surface area contributed by atoms with Crippen LogP contribution in [-0.2, 0) is 31.0 Å². The predicted octanol–water partition coefficient (Wildman–Crippen LogP) is 2.74. The quantitative estimate of drug-likeness (QED) is 0.550. The third-order valence-electron chi connectivity index (χ3n) is 6.69. The van der Waals surface area contributed by atoms with Gasteiger partial charge in [0.25, 0.3) is 0 Å². The zero-order valence-electron chi connectivity index (χ0n) is 19.1. The van der Waals surface area contributed by atoms with Gasteiger partial charge in [-0.15, -0.1) is 0 Å². The van der Waals surface area contributed by atoms with Gasteiger partial charge in [0.15, 0.2) is 0 Å². The number of pyridine rings is 1. The highest BCUT2D eigenvalue weighted by Crippen LogP contribution is 2.40. The van der Waals surface area contributed by atoms with Gasteiger partial charge in [0.05, 0.1) is 11.5 Å². The van der Waals surface area contributed by atoms with Crippen LogP contribution in [0.3, 0.4) is 0 Å². The average Bonchev–Trinajstić information content (AvgIpc) is 3.44.